The second-order valence-corrected chi connectivity index (χ2v) is 8.17. The van der Waals surface area contributed by atoms with Crippen LogP contribution in [0.25, 0.3) is 10.8 Å². The first-order valence-electron chi connectivity index (χ1n) is 10.2. The van der Waals surface area contributed by atoms with Crippen LogP contribution in [0.4, 0.5) is 5.69 Å². The molecule has 8 heteroatoms. The van der Waals surface area contributed by atoms with Crippen LogP contribution in [0.15, 0.2) is 84.2 Å². The zero-order valence-electron chi connectivity index (χ0n) is 17.7. The second kappa shape index (κ2) is 9.97. The summed E-state index contributed by atoms with van der Waals surface area (Å²) < 4.78 is 5.71. The standard InChI is InChI=1S/C25H21N3O4S/c1-16(32-21-12-11-17-6-2-3-7-18(17)15-21)23(29)27-28-24(30)19-8-4-9-20(14-19)26-25(31)22-10-5-13-33-22/h2-16H,1H3,(H,26,31)(H,27,29)(H,28,30). The Kier molecular flexibility index (Phi) is 6.66. The van der Waals surface area contributed by atoms with Gasteiger partial charge in [0, 0.05) is 11.3 Å². The van der Waals surface area contributed by atoms with Crippen LogP contribution in [0.5, 0.6) is 5.75 Å². The molecule has 1 atom stereocenters. The summed E-state index contributed by atoms with van der Waals surface area (Å²) in [6, 6.07) is 23.3. The molecular weight excluding hydrogens is 438 g/mol. The van der Waals surface area contributed by atoms with Gasteiger partial charge in [-0.25, -0.2) is 0 Å². The van der Waals surface area contributed by atoms with Gasteiger partial charge in [0.05, 0.1) is 4.88 Å². The first-order valence-corrected chi connectivity index (χ1v) is 11.1. The van der Waals surface area contributed by atoms with E-state index in [1.165, 1.54) is 17.4 Å². The maximum Gasteiger partial charge on any atom is 0.279 e. The second-order valence-electron chi connectivity index (χ2n) is 7.22. The maximum absolute atomic E-state index is 12.5. The number of anilines is 1. The molecule has 4 aromatic rings. The van der Waals surface area contributed by atoms with Crippen molar-refractivity contribution in [3.8, 4) is 5.75 Å². The van der Waals surface area contributed by atoms with Crippen LogP contribution in [0.3, 0.4) is 0 Å². The number of hydrazine groups is 1. The van der Waals surface area contributed by atoms with Gasteiger partial charge in [0.25, 0.3) is 17.7 Å². The predicted octanol–water partition coefficient (Wildman–Crippen LogP) is 4.38. The number of thiophene rings is 1. The Balaban J connectivity index is 1.32. The third kappa shape index (κ3) is 5.55. The van der Waals surface area contributed by atoms with Gasteiger partial charge < -0.3 is 10.1 Å². The lowest BCUT2D eigenvalue weighted by Gasteiger charge is -2.16. The fourth-order valence-corrected chi connectivity index (χ4v) is 3.75. The number of carbonyl (C=O) groups excluding carboxylic acids is 3. The highest BCUT2D eigenvalue weighted by Crippen LogP contribution is 2.21. The van der Waals surface area contributed by atoms with Crippen LogP contribution in [-0.2, 0) is 4.79 Å². The maximum atomic E-state index is 12.5. The third-order valence-corrected chi connectivity index (χ3v) is 5.70. The van der Waals surface area contributed by atoms with Crippen LogP contribution in [-0.4, -0.2) is 23.8 Å². The van der Waals surface area contributed by atoms with Crippen molar-refractivity contribution in [2.75, 3.05) is 5.32 Å². The van der Waals surface area contributed by atoms with Crippen molar-refractivity contribution < 1.29 is 19.1 Å². The molecule has 3 amide bonds. The SMILES string of the molecule is CC(Oc1ccc2ccccc2c1)C(=O)NNC(=O)c1cccc(NC(=O)c2cccs2)c1. The summed E-state index contributed by atoms with van der Waals surface area (Å²) in [6.07, 6.45) is -0.831. The van der Waals surface area contributed by atoms with E-state index >= 15 is 0 Å². The minimum Gasteiger partial charge on any atom is -0.481 e. The van der Waals surface area contributed by atoms with Crippen molar-refractivity contribution in [2.24, 2.45) is 0 Å². The minimum atomic E-state index is -0.831. The van der Waals surface area contributed by atoms with E-state index in [-0.39, 0.29) is 11.5 Å². The molecule has 0 radical (unpaired) electrons. The van der Waals surface area contributed by atoms with Crippen molar-refractivity contribution in [3.05, 3.63) is 94.7 Å². The van der Waals surface area contributed by atoms with Crippen LogP contribution in [0.1, 0.15) is 27.0 Å². The first-order chi connectivity index (χ1) is 16.0. The van der Waals surface area contributed by atoms with Crippen LogP contribution in [0.2, 0.25) is 0 Å². The summed E-state index contributed by atoms with van der Waals surface area (Å²) in [4.78, 5) is 37.6. The van der Waals surface area contributed by atoms with E-state index in [1.807, 2.05) is 41.8 Å². The van der Waals surface area contributed by atoms with Gasteiger partial charge >= 0.3 is 0 Å². The monoisotopic (exact) mass is 459 g/mol. The van der Waals surface area contributed by atoms with Gasteiger partial charge in [-0.2, -0.15) is 0 Å². The quantitative estimate of drug-likeness (QED) is 0.373. The number of nitrogens with one attached hydrogen (secondary N) is 3. The van der Waals surface area contributed by atoms with Crippen LogP contribution >= 0.6 is 11.3 Å². The summed E-state index contributed by atoms with van der Waals surface area (Å²) in [6.45, 7) is 1.59. The molecule has 7 nitrogen and oxygen atoms in total. The van der Waals surface area contributed by atoms with Crippen molar-refractivity contribution in [1.82, 2.24) is 10.9 Å². The van der Waals surface area contributed by atoms with E-state index in [1.54, 1.807) is 43.3 Å². The molecule has 0 saturated carbocycles. The largest absolute Gasteiger partial charge is 0.481 e. The Bertz CT molecular complexity index is 1300. The van der Waals surface area contributed by atoms with E-state index in [4.69, 9.17) is 4.74 Å². The van der Waals surface area contributed by atoms with Crippen molar-refractivity contribution >= 4 is 45.5 Å². The molecule has 3 N–H and O–H groups in total. The molecule has 3 aromatic carbocycles. The molecule has 4 rings (SSSR count). The molecule has 166 valence electrons. The van der Waals surface area contributed by atoms with Crippen molar-refractivity contribution in [2.45, 2.75) is 13.0 Å². The lowest BCUT2D eigenvalue weighted by molar-refractivity contribution is -0.128. The zero-order valence-corrected chi connectivity index (χ0v) is 18.5. The smallest absolute Gasteiger partial charge is 0.279 e. The highest BCUT2D eigenvalue weighted by atomic mass is 32.1. The van der Waals surface area contributed by atoms with E-state index in [0.717, 1.165) is 10.8 Å². The Morgan fingerprint density at radius 3 is 2.42 bits per heavy atom. The number of hydrogen-bond acceptors (Lipinski definition) is 5. The van der Waals surface area contributed by atoms with Crippen LogP contribution < -0.4 is 20.9 Å². The van der Waals surface area contributed by atoms with Gasteiger partial charge in [-0.05, 0) is 59.5 Å². The van der Waals surface area contributed by atoms with Gasteiger partial charge in [0.15, 0.2) is 6.10 Å². The highest BCUT2D eigenvalue weighted by molar-refractivity contribution is 7.12. The topological polar surface area (TPSA) is 96.5 Å². The summed E-state index contributed by atoms with van der Waals surface area (Å²) in [5.41, 5.74) is 5.50. The lowest BCUT2D eigenvalue weighted by Crippen LogP contribution is -2.47. The summed E-state index contributed by atoms with van der Waals surface area (Å²) in [5, 5.41) is 6.63. The Hall–Kier alpha value is -4.17. The Morgan fingerprint density at radius 1 is 0.818 bits per heavy atom. The molecule has 1 unspecified atom stereocenters. The highest BCUT2D eigenvalue weighted by Gasteiger charge is 2.16. The Labute approximate surface area is 194 Å². The number of fused-ring (bicyclic) bond motifs is 1. The van der Waals surface area contributed by atoms with Gasteiger partial charge in [0.2, 0.25) is 0 Å². The molecule has 0 spiro atoms. The third-order valence-electron chi connectivity index (χ3n) is 4.83. The summed E-state index contributed by atoms with van der Waals surface area (Å²) >= 11 is 1.32. The number of rotatable bonds is 6. The zero-order chi connectivity index (χ0) is 23.2. The number of ether oxygens (including phenoxy) is 1. The molecule has 0 aliphatic heterocycles. The first kappa shape index (κ1) is 22.0. The van der Waals surface area contributed by atoms with Crippen LogP contribution in [0, 0.1) is 0 Å². The molecular formula is C25H21N3O4S. The van der Waals surface area contributed by atoms with Crippen molar-refractivity contribution in [3.63, 3.8) is 0 Å². The normalized spacial score (nSPS) is 11.4. The minimum absolute atomic E-state index is 0.254. The van der Waals surface area contributed by atoms with Gasteiger partial charge in [0.1, 0.15) is 5.75 Å². The molecule has 1 heterocycles. The molecule has 0 bridgehead atoms. The van der Waals surface area contributed by atoms with Crippen molar-refractivity contribution in [1.29, 1.82) is 0 Å². The number of amides is 3. The number of carbonyl (C=O) groups is 3. The molecule has 0 aliphatic rings. The average Bonchev–Trinajstić information content (AvgIpc) is 3.37. The van der Waals surface area contributed by atoms with Gasteiger partial charge in [-0.3, -0.25) is 25.2 Å². The molecule has 0 fully saturated rings. The van der Waals surface area contributed by atoms with E-state index < -0.39 is 17.9 Å². The van der Waals surface area contributed by atoms with Gasteiger partial charge in [-0.1, -0.05) is 42.5 Å². The van der Waals surface area contributed by atoms with E-state index in [9.17, 15) is 14.4 Å². The lowest BCUT2D eigenvalue weighted by atomic mass is 10.1. The van der Waals surface area contributed by atoms with E-state index in [0.29, 0.717) is 16.3 Å². The number of hydrogen-bond donors (Lipinski definition) is 3. The molecule has 0 aliphatic carbocycles. The van der Waals surface area contributed by atoms with E-state index in [2.05, 4.69) is 16.2 Å². The molecule has 33 heavy (non-hydrogen) atoms. The molecule has 1 aromatic heterocycles. The average molecular weight is 460 g/mol. The summed E-state index contributed by atoms with van der Waals surface area (Å²) in [5.74, 6) is -0.723. The van der Waals surface area contributed by atoms with Gasteiger partial charge in [-0.15, -0.1) is 11.3 Å². The Morgan fingerprint density at radius 2 is 1.64 bits per heavy atom. The summed E-state index contributed by atoms with van der Waals surface area (Å²) in [7, 11) is 0. The fraction of sp³-hybridized carbons (Fsp3) is 0.0800. The fourth-order valence-electron chi connectivity index (χ4n) is 3.13. The predicted molar refractivity (Wildman–Crippen MR) is 128 cm³/mol. The molecule has 0 saturated heterocycles. The number of benzene rings is 3.